The maximum Gasteiger partial charge on any atom is 0.193 e. The number of Topliss-reactive ketones (excluding diaryl/α,β-unsaturated/α-hetero) is 1. The molecule has 0 aromatic heterocycles. The topological polar surface area (TPSA) is 29.5 Å². The molecule has 3 heteroatoms. The van der Waals surface area contributed by atoms with Crippen LogP contribution in [0.4, 0.5) is 0 Å². The zero-order valence-corrected chi connectivity index (χ0v) is 11.7. The number of fused-ring (bicyclic) bond motifs is 1. The number of ether oxygens (including phenoxy) is 1. The molecule has 2 heterocycles. The molecule has 0 N–H and O–H groups in total. The Bertz CT molecular complexity index is 498. The van der Waals surface area contributed by atoms with Crippen LogP contribution in [-0.4, -0.2) is 42.5 Å². The van der Waals surface area contributed by atoms with Crippen LogP contribution in [0.3, 0.4) is 0 Å². The summed E-state index contributed by atoms with van der Waals surface area (Å²) in [4.78, 5) is 15.0. The van der Waals surface area contributed by atoms with Crippen LogP contribution in [0.15, 0.2) is 18.2 Å². The van der Waals surface area contributed by atoms with E-state index in [1.165, 1.54) is 18.4 Å². The largest absolute Gasteiger partial charge is 0.367 e. The summed E-state index contributed by atoms with van der Waals surface area (Å²) >= 11 is 0. The van der Waals surface area contributed by atoms with Crippen LogP contribution >= 0.6 is 0 Å². The number of rotatable bonds is 2. The predicted molar refractivity (Wildman–Crippen MR) is 74.6 cm³/mol. The van der Waals surface area contributed by atoms with Crippen LogP contribution in [-0.2, 0) is 4.74 Å². The molecular formula is C16H21NO2. The van der Waals surface area contributed by atoms with Crippen molar-refractivity contribution in [2.45, 2.75) is 38.8 Å². The van der Waals surface area contributed by atoms with E-state index in [1.54, 1.807) is 0 Å². The van der Waals surface area contributed by atoms with E-state index in [0.29, 0.717) is 12.6 Å². The molecule has 0 aliphatic carbocycles. The van der Waals surface area contributed by atoms with Gasteiger partial charge < -0.3 is 4.74 Å². The molecule has 2 aliphatic heterocycles. The molecule has 2 saturated heterocycles. The average molecular weight is 259 g/mol. The highest BCUT2D eigenvalue weighted by Crippen LogP contribution is 2.24. The fourth-order valence-electron chi connectivity index (χ4n) is 3.24. The first-order valence-corrected chi connectivity index (χ1v) is 7.12. The van der Waals surface area contributed by atoms with Gasteiger partial charge in [-0.2, -0.15) is 0 Å². The van der Waals surface area contributed by atoms with Crippen molar-refractivity contribution < 1.29 is 9.53 Å². The van der Waals surface area contributed by atoms with Gasteiger partial charge >= 0.3 is 0 Å². The Labute approximate surface area is 114 Å². The molecule has 0 amide bonds. The van der Waals surface area contributed by atoms with E-state index >= 15 is 0 Å². The Hall–Kier alpha value is -1.19. The van der Waals surface area contributed by atoms with Crippen molar-refractivity contribution in [3.8, 4) is 0 Å². The third-order valence-corrected chi connectivity index (χ3v) is 4.33. The SMILES string of the molecule is Cc1ccc(C(=O)C2CN3CCCC3CO2)c(C)c1. The van der Waals surface area contributed by atoms with E-state index in [2.05, 4.69) is 11.0 Å². The smallest absolute Gasteiger partial charge is 0.193 e. The van der Waals surface area contributed by atoms with Gasteiger partial charge in [0.25, 0.3) is 0 Å². The number of carbonyl (C=O) groups excluding carboxylic acids is 1. The number of hydrogen-bond acceptors (Lipinski definition) is 3. The van der Waals surface area contributed by atoms with Crippen LogP contribution in [0.2, 0.25) is 0 Å². The Morgan fingerprint density at radius 1 is 1.37 bits per heavy atom. The van der Waals surface area contributed by atoms with Gasteiger partial charge in [0.1, 0.15) is 6.10 Å². The molecule has 0 saturated carbocycles. The molecule has 19 heavy (non-hydrogen) atoms. The van der Waals surface area contributed by atoms with Gasteiger partial charge in [-0.05, 0) is 38.8 Å². The summed E-state index contributed by atoms with van der Waals surface area (Å²) in [6, 6.07) is 6.55. The number of hydrogen-bond donors (Lipinski definition) is 0. The summed E-state index contributed by atoms with van der Waals surface area (Å²) in [6.45, 7) is 6.64. The van der Waals surface area contributed by atoms with Crippen LogP contribution in [0.5, 0.6) is 0 Å². The van der Waals surface area contributed by atoms with Gasteiger partial charge in [-0.15, -0.1) is 0 Å². The molecular weight excluding hydrogens is 238 g/mol. The molecule has 0 radical (unpaired) electrons. The minimum atomic E-state index is -0.282. The van der Waals surface area contributed by atoms with E-state index in [1.807, 2.05) is 26.0 Å². The number of nitrogens with zero attached hydrogens (tertiary/aromatic N) is 1. The minimum absolute atomic E-state index is 0.142. The second-order valence-corrected chi connectivity index (χ2v) is 5.80. The number of morpholine rings is 1. The number of ketones is 1. The van der Waals surface area contributed by atoms with Crippen LogP contribution in [0.25, 0.3) is 0 Å². The monoisotopic (exact) mass is 259 g/mol. The van der Waals surface area contributed by atoms with Crippen LogP contribution in [0, 0.1) is 13.8 Å². The highest BCUT2D eigenvalue weighted by molar-refractivity contribution is 6.01. The first kappa shape index (κ1) is 12.8. The molecule has 2 atom stereocenters. The number of carbonyl (C=O) groups is 1. The van der Waals surface area contributed by atoms with E-state index in [4.69, 9.17) is 4.74 Å². The lowest BCUT2D eigenvalue weighted by molar-refractivity contribution is -0.0344. The van der Waals surface area contributed by atoms with Crippen molar-refractivity contribution in [2.24, 2.45) is 0 Å². The normalized spacial score (nSPS) is 27.3. The fourth-order valence-corrected chi connectivity index (χ4v) is 3.24. The standard InChI is InChI=1S/C16H21NO2/c1-11-5-6-14(12(2)8-11)16(18)15-9-17-7-3-4-13(17)10-19-15/h5-6,8,13,15H,3-4,7,9-10H2,1-2H3. The Balaban J connectivity index is 1.76. The van der Waals surface area contributed by atoms with Gasteiger partial charge in [-0.3, -0.25) is 9.69 Å². The summed E-state index contributed by atoms with van der Waals surface area (Å²) in [7, 11) is 0. The van der Waals surface area contributed by atoms with Gasteiger partial charge in [0.15, 0.2) is 5.78 Å². The summed E-state index contributed by atoms with van der Waals surface area (Å²) < 4.78 is 5.80. The quantitative estimate of drug-likeness (QED) is 0.764. The second kappa shape index (κ2) is 5.06. The van der Waals surface area contributed by atoms with Gasteiger partial charge in [-0.25, -0.2) is 0 Å². The highest BCUT2D eigenvalue weighted by atomic mass is 16.5. The zero-order valence-electron chi connectivity index (χ0n) is 11.7. The van der Waals surface area contributed by atoms with Crippen molar-refractivity contribution in [1.82, 2.24) is 4.90 Å². The summed E-state index contributed by atoms with van der Waals surface area (Å²) in [5, 5.41) is 0. The first-order valence-electron chi connectivity index (χ1n) is 7.12. The molecule has 2 aliphatic rings. The molecule has 1 aromatic rings. The van der Waals surface area contributed by atoms with E-state index in [9.17, 15) is 4.79 Å². The van der Waals surface area contributed by atoms with Crippen molar-refractivity contribution in [2.75, 3.05) is 19.7 Å². The lowest BCUT2D eigenvalue weighted by atomic mass is 9.98. The average Bonchev–Trinajstić information content (AvgIpc) is 2.85. The van der Waals surface area contributed by atoms with Crippen molar-refractivity contribution in [1.29, 1.82) is 0 Å². The Morgan fingerprint density at radius 2 is 2.21 bits per heavy atom. The molecule has 0 bridgehead atoms. The van der Waals surface area contributed by atoms with Crippen molar-refractivity contribution in [3.63, 3.8) is 0 Å². The van der Waals surface area contributed by atoms with E-state index in [-0.39, 0.29) is 11.9 Å². The number of aryl methyl sites for hydroxylation is 2. The van der Waals surface area contributed by atoms with Gasteiger partial charge in [-0.1, -0.05) is 23.8 Å². The van der Waals surface area contributed by atoms with Crippen molar-refractivity contribution >= 4 is 5.78 Å². The minimum Gasteiger partial charge on any atom is -0.367 e. The van der Waals surface area contributed by atoms with E-state index < -0.39 is 0 Å². The van der Waals surface area contributed by atoms with Crippen molar-refractivity contribution in [3.05, 3.63) is 34.9 Å². The van der Waals surface area contributed by atoms with Crippen LogP contribution in [0.1, 0.15) is 34.3 Å². The van der Waals surface area contributed by atoms with Gasteiger partial charge in [0.2, 0.25) is 0 Å². The number of benzene rings is 1. The maximum absolute atomic E-state index is 12.6. The maximum atomic E-state index is 12.6. The Kier molecular flexibility index (Phi) is 3.42. The molecule has 3 nitrogen and oxygen atoms in total. The summed E-state index contributed by atoms with van der Waals surface area (Å²) in [5.74, 6) is 0.142. The molecule has 1 aromatic carbocycles. The molecule has 102 valence electrons. The summed E-state index contributed by atoms with van der Waals surface area (Å²) in [5.41, 5.74) is 3.06. The Morgan fingerprint density at radius 3 is 3.00 bits per heavy atom. The fraction of sp³-hybridized carbons (Fsp3) is 0.562. The van der Waals surface area contributed by atoms with Gasteiger partial charge in [0.05, 0.1) is 6.61 Å². The summed E-state index contributed by atoms with van der Waals surface area (Å²) in [6.07, 6.45) is 2.17. The highest BCUT2D eigenvalue weighted by Gasteiger charge is 2.35. The molecule has 0 spiro atoms. The molecule has 2 fully saturated rings. The first-order chi connectivity index (χ1) is 9.15. The third-order valence-electron chi connectivity index (χ3n) is 4.33. The molecule has 3 rings (SSSR count). The molecule has 2 unspecified atom stereocenters. The second-order valence-electron chi connectivity index (χ2n) is 5.80. The predicted octanol–water partition coefficient (Wildman–Crippen LogP) is 2.35. The lowest BCUT2D eigenvalue weighted by Gasteiger charge is -2.34. The lowest BCUT2D eigenvalue weighted by Crippen LogP contribution is -2.49. The third kappa shape index (κ3) is 2.45. The van der Waals surface area contributed by atoms with Gasteiger partial charge in [0, 0.05) is 18.2 Å². The van der Waals surface area contributed by atoms with Crippen LogP contribution < -0.4 is 0 Å². The van der Waals surface area contributed by atoms with E-state index in [0.717, 1.165) is 24.2 Å². The zero-order chi connectivity index (χ0) is 13.4.